The number of nitrogens with one attached hydrogen (secondary N) is 1. The van der Waals surface area contributed by atoms with Crippen LogP contribution in [0.5, 0.6) is 0 Å². The van der Waals surface area contributed by atoms with Crippen LogP contribution in [0, 0.1) is 5.92 Å². The Labute approximate surface area is 112 Å². The summed E-state index contributed by atoms with van der Waals surface area (Å²) < 4.78 is 7.79. The number of ether oxygens (including phenoxy) is 1. The molecule has 18 heavy (non-hydrogen) atoms. The van der Waals surface area contributed by atoms with Gasteiger partial charge in [0, 0.05) is 25.0 Å². The summed E-state index contributed by atoms with van der Waals surface area (Å²) in [5.74, 6) is 0.604. The first-order valence-electron chi connectivity index (χ1n) is 7.05. The van der Waals surface area contributed by atoms with Crippen LogP contribution in [0.2, 0.25) is 0 Å². The maximum absolute atomic E-state index is 5.57. The first-order valence-corrected chi connectivity index (χ1v) is 7.05. The van der Waals surface area contributed by atoms with Gasteiger partial charge < -0.3 is 14.6 Å². The van der Waals surface area contributed by atoms with Crippen LogP contribution in [0.15, 0.2) is 18.5 Å². The van der Waals surface area contributed by atoms with Crippen molar-refractivity contribution in [3.8, 4) is 0 Å². The van der Waals surface area contributed by atoms with E-state index in [1.807, 2.05) is 0 Å². The molecule has 0 amide bonds. The zero-order valence-corrected chi connectivity index (χ0v) is 12.4. The first-order chi connectivity index (χ1) is 8.54. The molecule has 1 aromatic rings. The highest BCUT2D eigenvalue weighted by molar-refractivity contribution is 5.16. The van der Waals surface area contributed by atoms with Crippen molar-refractivity contribution in [1.29, 1.82) is 0 Å². The highest BCUT2D eigenvalue weighted by Crippen LogP contribution is 2.21. The van der Waals surface area contributed by atoms with Gasteiger partial charge in [0.25, 0.3) is 0 Å². The van der Waals surface area contributed by atoms with E-state index in [0.29, 0.717) is 18.1 Å². The summed E-state index contributed by atoms with van der Waals surface area (Å²) in [5.41, 5.74) is 1.37. The summed E-state index contributed by atoms with van der Waals surface area (Å²) in [5, 5.41) is 3.54. The van der Waals surface area contributed by atoms with Crippen molar-refractivity contribution in [3.63, 3.8) is 0 Å². The van der Waals surface area contributed by atoms with Gasteiger partial charge >= 0.3 is 0 Å². The van der Waals surface area contributed by atoms with Gasteiger partial charge in [-0.2, -0.15) is 0 Å². The Balaban J connectivity index is 2.55. The molecule has 1 rings (SSSR count). The van der Waals surface area contributed by atoms with Gasteiger partial charge in [0.1, 0.15) is 0 Å². The van der Waals surface area contributed by atoms with E-state index in [-0.39, 0.29) is 0 Å². The zero-order valence-electron chi connectivity index (χ0n) is 12.4. The van der Waals surface area contributed by atoms with E-state index in [9.17, 15) is 0 Å². The molecule has 0 saturated heterocycles. The Hall–Kier alpha value is -0.800. The lowest BCUT2D eigenvalue weighted by molar-refractivity contribution is 0.0728. The predicted octanol–water partition coefficient (Wildman–Crippen LogP) is 3.22. The number of hydrogen-bond acceptors (Lipinski definition) is 2. The lowest BCUT2D eigenvalue weighted by Crippen LogP contribution is -2.25. The third-order valence-corrected chi connectivity index (χ3v) is 3.02. The Kier molecular flexibility index (Phi) is 6.44. The van der Waals surface area contributed by atoms with Crippen molar-refractivity contribution in [2.45, 2.75) is 53.3 Å². The van der Waals surface area contributed by atoms with Crippen LogP contribution < -0.4 is 5.32 Å². The molecule has 1 aromatic heterocycles. The van der Waals surface area contributed by atoms with Crippen LogP contribution >= 0.6 is 0 Å². The van der Waals surface area contributed by atoms with Gasteiger partial charge in [0.2, 0.25) is 0 Å². The van der Waals surface area contributed by atoms with Crippen molar-refractivity contribution in [3.05, 3.63) is 24.0 Å². The van der Waals surface area contributed by atoms with Crippen molar-refractivity contribution < 1.29 is 4.74 Å². The highest BCUT2D eigenvalue weighted by atomic mass is 16.5. The van der Waals surface area contributed by atoms with Gasteiger partial charge in [-0.3, -0.25) is 0 Å². The Morgan fingerprint density at radius 3 is 2.56 bits per heavy atom. The summed E-state index contributed by atoms with van der Waals surface area (Å²) in [6.45, 7) is 13.5. The van der Waals surface area contributed by atoms with Crippen LogP contribution in [-0.4, -0.2) is 23.8 Å². The van der Waals surface area contributed by atoms with Crippen LogP contribution in [0.1, 0.15) is 46.2 Å². The fraction of sp³-hybridized carbons (Fsp3) is 0.733. The van der Waals surface area contributed by atoms with Gasteiger partial charge in [-0.1, -0.05) is 20.8 Å². The second-order valence-corrected chi connectivity index (χ2v) is 5.38. The molecule has 0 spiro atoms. The molecule has 3 nitrogen and oxygen atoms in total. The SMILES string of the molecule is CCNC(c1ccn(CCOC(C)C)c1)C(C)C. The molecule has 0 aliphatic rings. The van der Waals surface area contributed by atoms with Crippen LogP contribution in [0.4, 0.5) is 0 Å². The van der Waals surface area contributed by atoms with Gasteiger partial charge in [0.05, 0.1) is 12.7 Å². The summed E-state index contributed by atoms with van der Waals surface area (Å²) in [6.07, 6.45) is 4.69. The maximum Gasteiger partial charge on any atom is 0.0648 e. The van der Waals surface area contributed by atoms with E-state index < -0.39 is 0 Å². The summed E-state index contributed by atoms with van der Waals surface area (Å²) in [7, 11) is 0. The number of nitrogens with zero attached hydrogens (tertiary/aromatic N) is 1. The van der Waals surface area contributed by atoms with E-state index in [1.165, 1.54) is 5.56 Å². The molecule has 0 aliphatic heterocycles. The molecular formula is C15H28N2O. The number of rotatable bonds is 8. The largest absolute Gasteiger partial charge is 0.377 e. The summed E-state index contributed by atoms with van der Waals surface area (Å²) >= 11 is 0. The Morgan fingerprint density at radius 2 is 2.00 bits per heavy atom. The van der Waals surface area contributed by atoms with Crippen molar-refractivity contribution >= 4 is 0 Å². The van der Waals surface area contributed by atoms with Crippen molar-refractivity contribution in [2.75, 3.05) is 13.2 Å². The quantitative estimate of drug-likeness (QED) is 0.769. The summed E-state index contributed by atoms with van der Waals surface area (Å²) in [6, 6.07) is 2.66. The second-order valence-electron chi connectivity index (χ2n) is 5.38. The minimum atomic E-state index is 0.310. The smallest absolute Gasteiger partial charge is 0.0648 e. The molecule has 0 fully saturated rings. The molecule has 1 heterocycles. The lowest BCUT2D eigenvalue weighted by atomic mass is 9.98. The van der Waals surface area contributed by atoms with Crippen molar-refractivity contribution in [1.82, 2.24) is 9.88 Å². The topological polar surface area (TPSA) is 26.2 Å². The minimum absolute atomic E-state index is 0.310. The van der Waals surface area contributed by atoms with Crippen LogP contribution in [0.3, 0.4) is 0 Å². The Bertz CT molecular complexity index is 331. The number of aromatic nitrogens is 1. The first kappa shape index (κ1) is 15.3. The molecule has 0 radical (unpaired) electrons. The predicted molar refractivity (Wildman–Crippen MR) is 76.8 cm³/mol. The monoisotopic (exact) mass is 252 g/mol. The highest BCUT2D eigenvalue weighted by Gasteiger charge is 2.15. The number of hydrogen-bond donors (Lipinski definition) is 1. The van der Waals surface area contributed by atoms with Gasteiger partial charge in [-0.25, -0.2) is 0 Å². The second kappa shape index (κ2) is 7.59. The molecule has 0 saturated carbocycles. The van der Waals surface area contributed by atoms with Gasteiger partial charge in [-0.05, 0) is 37.9 Å². The zero-order chi connectivity index (χ0) is 13.5. The van der Waals surface area contributed by atoms with Gasteiger partial charge in [0.15, 0.2) is 0 Å². The van der Waals surface area contributed by atoms with E-state index >= 15 is 0 Å². The molecule has 1 atom stereocenters. The fourth-order valence-electron chi connectivity index (χ4n) is 2.13. The average molecular weight is 252 g/mol. The van der Waals surface area contributed by atoms with E-state index in [1.54, 1.807) is 0 Å². The molecule has 0 bridgehead atoms. The van der Waals surface area contributed by atoms with E-state index in [4.69, 9.17) is 4.74 Å². The third-order valence-electron chi connectivity index (χ3n) is 3.02. The Morgan fingerprint density at radius 1 is 1.28 bits per heavy atom. The van der Waals surface area contributed by atoms with Crippen molar-refractivity contribution in [2.24, 2.45) is 5.92 Å². The summed E-state index contributed by atoms with van der Waals surface area (Å²) in [4.78, 5) is 0. The van der Waals surface area contributed by atoms with E-state index in [2.05, 4.69) is 63.0 Å². The molecular weight excluding hydrogens is 224 g/mol. The molecule has 104 valence electrons. The van der Waals surface area contributed by atoms with Gasteiger partial charge in [-0.15, -0.1) is 0 Å². The maximum atomic E-state index is 5.57. The minimum Gasteiger partial charge on any atom is -0.377 e. The molecule has 1 N–H and O–H groups in total. The molecule has 3 heteroatoms. The fourth-order valence-corrected chi connectivity index (χ4v) is 2.13. The standard InChI is InChI=1S/C15H28N2O/c1-6-16-15(12(2)3)14-7-8-17(11-14)9-10-18-13(4)5/h7-8,11-13,15-16H,6,9-10H2,1-5H3. The normalized spacial score (nSPS) is 13.5. The molecule has 0 aliphatic carbocycles. The lowest BCUT2D eigenvalue weighted by Gasteiger charge is -2.20. The van der Waals surface area contributed by atoms with E-state index in [0.717, 1.165) is 19.7 Å². The molecule has 1 unspecified atom stereocenters. The average Bonchev–Trinajstić information content (AvgIpc) is 2.73. The third kappa shape index (κ3) is 4.83. The molecule has 0 aromatic carbocycles. The van der Waals surface area contributed by atoms with Crippen LogP contribution in [-0.2, 0) is 11.3 Å². The van der Waals surface area contributed by atoms with Crippen LogP contribution in [0.25, 0.3) is 0 Å².